The highest BCUT2D eigenvalue weighted by atomic mass is 32.2. The summed E-state index contributed by atoms with van der Waals surface area (Å²) in [6, 6.07) is 15.4. The third kappa shape index (κ3) is 6.99. The number of carbonyl (C=O) groups excluding carboxylic acids is 1. The van der Waals surface area contributed by atoms with Crippen LogP contribution in [0.3, 0.4) is 0 Å². The number of ether oxygens (including phenoxy) is 1. The molecule has 0 aliphatic carbocycles. The lowest BCUT2D eigenvalue weighted by Gasteiger charge is -2.05. The average Bonchev–Trinajstić information content (AvgIpc) is 2.60. The molecule has 134 valence electrons. The molecule has 1 amide bonds. The van der Waals surface area contributed by atoms with Crippen molar-refractivity contribution in [3.8, 4) is 11.8 Å². The van der Waals surface area contributed by atoms with E-state index in [0.717, 1.165) is 11.3 Å². The van der Waals surface area contributed by atoms with Crippen molar-refractivity contribution in [3.63, 3.8) is 0 Å². The van der Waals surface area contributed by atoms with Crippen molar-refractivity contribution in [2.75, 3.05) is 12.4 Å². The monoisotopic (exact) mass is 367 g/mol. The number of rotatable bonds is 8. The van der Waals surface area contributed by atoms with Gasteiger partial charge in [-0.1, -0.05) is 29.3 Å². The van der Waals surface area contributed by atoms with Crippen LogP contribution >= 0.6 is 11.8 Å². The smallest absolute Gasteiger partial charge is 0.250 e. The van der Waals surface area contributed by atoms with Gasteiger partial charge >= 0.3 is 0 Å². The summed E-state index contributed by atoms with van der Waals surface area (Å²) in [5.74, 6) is 1.63. The summed E-state index contributed by atoms with van der Waals surface area (Å²) in [6.45, 7) is 4.17. The molecule has 2 rings (SSSR count). The second-order valence-corrected chi connectivity index (χ2v) is 6.78. The van der Waals surface area contributed by atoms with Crippen molar-refractivity contribution in [1.82, 2.24) is 5.43 Å². The van der Waals surface area contributed by atoms with E-state index in [1.165, 1.54) is 16.7 Å². The third-order valence-electron chi connectivity index (χ3n) is 3.37. The predicted octanol–water partition coefficient (Wildman–Crippen LogP) is 3.59. The quantitative estimate of drug-likeness (QED) is 0.571. The van der Waals surface area contributed by atoms with Crippen LogP contribution in [0.15, 0.2) is 47.6 Å². The van der Waals surface area contributed by atoms with E-state index in [4.69, 9.17) is 10.00 Å². The summed E-state index contributed by atoms with van der Waals surface area (Å²) in [7, 11) is 0. The first kappa shape index (κ1) is 19.5. The van der Waals surface area contributed by atoms with Crippen molar-refractivity contribution < 1.29 is 9.53 Å². The van der Waals surface area contributed by atoms with Crippen LogP contribution in [-0.4, -0.2) is 24.5 Å². The normalized spacial score (nSPS) is 10.5. The van der Waals surface area contributed by atoms with Gasteiger partial charge < -0.3 is 4.74 Å². The zero-order valence-corrected chi connectivity index (χ0v) is 15.7. The van der Waals surface area contributed by atoms with Crippen molar-refractivity contribution in [1.29, 1.82) is 5.26 Å². The lowest BCUT2D eigenvalue weighted by atomic mass is 10.1. The van der Waals surface area contributed by atoms with E-state index in [1.807, 2.05) is 6.07 Å². The van der Waals surface area contributed by atoms with Gasteiger partial charge in [-0.25, -0.2) is 5.43 Å². The van der Waals surface area contributed by atoms with E-state index in [-0.39, 0.29) is 12.5 Å². The van der Waals surface area contributed by atoms with E-state index < -0.39 is 0 Å². The molecule has 2 aromatic rings. The fraction of sp³-hybridized carbons (Fsp3) is 0.250. The van der Waals surface area contributed by atoms with Crippen LogP contribution in [0.1, 0.15) is 22.3 Å². The number of amides is 1. The maximum absolute atomic E-state index is 11.8. The second-order valence-electron chi connectivity index (χ2n) is 5.80. The van der Waals surface area contributed by atoms with Crippen LogP contribution in [0.4, 0.5) is 0 Å². The van der Waals surface area contributed by atoms with Crippen LogP contribution in [0.5, 0.6) is 5.75 Å². The van der Waals surface area contributed by atoms with E-state index in [9.17, 15) is 4.79 Å². The summed E-state index contributed by atoms with van der Waals surface area (Å²) in [5.41, 5.74) is 7.05. The highest BCUT2D eigenvalue weighted by molar-refractivity contribution is 7.99. The maximum atomic E-state index is 11.8. The molecule has 0 saturated carbocycles. The summed E-state index contributed by atoms with van der Waals surface area (Å²) in [6.07, 6.45) is 1.57. The van der Waals surface area contributed by atoms with Crippen LogP contribution in [0, 0.1) is 25.2 Å². The molecular formula is C20H21N3O2S. The molecule has 0 radical (unpaired) electrons. The number of thioether (sulfide) groups is 1. The molecule has 0 heterocycles. The number of hydrogen-bond acceptors (Lipinski definition) is 5. The minimum atomic E-state index is -0.135. The van der Waals surface area contributed by atoms with Gasteiger partial charge in [0.2, 0.25) is 5.91 Å². The number of hydrazone groups is 1. The highest BCUT2D eigenvalue weighted by Gasteiger charge is 2.02. The molecule has 5 nitrogen and oxygen atoms in total. The minimum Gasteiger partial charge on any atom is -0.479 e. The molecule has 0 aliphatic rings. The predicted molar refractivity (Wildman–Crippen MR) is 105 cm³/mol. The zero-order valence-electron chi connectivity index (χ0n) is 14.9. The Hall–Kier alpha value is -2.78. The molecule has 2 aromatic carbocycles. The molecule has 0 saturated heterocycles. The van der Waals surface area contributed by atoms with Crippen molar-refractivity contribution >= 4 is 23.9 Å². The van der Waals surface area contributed by atoms with Gasteiger partial charge in [0.15, 0.2) is 6.61 Å². The molecule has 6 heteroatoms. The highest BCUT2D eigenvalue weighted by Crippen LogP contribution is 2.15. The molecular weight excluding hydrogens is 346 g/mol. The Bertz CT molecular complexity index is 791. The number of nitrogens with one attached hydrogen (secondary N) is 1. The van der Waals surface area contributed by atoms with E-state index in [0.29, 0.717) is 11.5 Å². The number of nitriles is 1. The zero-order chi connectivity index (χ0) is 18.8. The lowest BCUT2D eigenvalue weighted by molar-refractivity contribution is -0.118. The lowest BCUT2D eigenvalue weighted by Crippen LogP contribution is -2.19. The molecule has 26 heavy (non-hydrogen) atoms. The van der Waals surface area contributed by atoms with Crippen LogP contribution in [0.2, 0.25) is 0 Å². The summed E-state index contributed by atoms with van der Waals surface area (Å²) < 4.78 is 5.17. The number of carbonyl (C=O) groups is 1. The third-order valence-corrected chi connectivity index (χ3v) is 4.37. The molecule has 0 aromatic heterocycles. The summed E-state index contributed by atoms with van der Waals surface area (Å²) >= 11 is 1.56. The molecule has 1 N–H and O–H groups in total. The van der Waals surface area contributed by atoms with Crippen molar-refractivity contribution in [2.45, 2.75) is 19.6 Å². The van der Waals surface area contributed by atoms with Gasteiger partial charge in [0.25, 0.3) is 0 Å². The SMILES string of the molecule is Cc1cc(C)cc(CSCC(=O)NN=Cc2ccc(OCC#N)cc2)c1. The van der Waals surface area contributed by atoms with E-state index >= 15 is 0 Å². The molecule has 0 spiro atoms. The van der Waals surface area contributed by atoms with Crippen LogP contribution in [0.25, 0.3) is 0 Å². The number of nitrogens with zero attached hydrogens (tertiary/aromatic N) is 2. The van der Waals surface area contributed by atoms with Gasteiger partial charge in [0.1, 0.15) is 11.8 Å². The Morgan fingerprint density at radius 2 is 1.92 bits per heavy atom. The average molecular weight is 367 g/mol. The van der Waals surface area contributed by atoms with Gasteiger partial charge in [0.05, 0.1) is 12.0 Å². The molecule has 0 fully saturated rings. The van der Waals surface area contributed by atoms with Crippen LogP contribution < -0.4 is 10.2 Å². The van der Waals surface area contributed by atoms with Crippen molar-refractivity contribution in [2.24, 2.45) is 5.10 Å². The Balaban J connectivity index is 1.72. The largest absolute Gasteiger partial charge is 0.479 e. The number of benzene rings is 2. The Kier molecular flexibility index (Phi) is 7.72. The Labute approximate surface area is 158 Å². The maximum Gasteiger partial charge on any atom is 0.250 e. The van der Waals surface area contributed by atoms with Gasteiger partial charge in [0, 0.05) is 5.75 Å². The first-order valence-corrected chi connectivity index (χ1v) is 9.29. The van der Waals surface area contributed by atoms with Gasteiger partial charge in [-0.2, -0.15) is 10.4 Å². The summed E-state index contributed by atoms with van der Waals surface area (Å²) in [4.78, 5) is 11.8. The number of aryl methyl sites for hydroxylation is 2. The van der Waals surface area contributed by atoms with E-state index in [2.05, 4.69) is 42.6 Å². The van der Waals surface area contributed by atoms with Gasteiger partial charge in [-0.3, -0.25) is 4.79 Å². The van der Waals surface area contributed by atoms with Gasteiger partial charge in [-0.05, 0) is 49.2 Å². The first-order valence-electron chi connectivity index (χ1n) is 8.13. The fourth-order valence-electron chi connectivity index (χ4n) is 2.39. The molecule has 0 unspecified atom stereocenters. The molecule has 0 bridgehead atoms. The Morgan fingerprint density at radius 1 is 1.23 bits per heavy atom. The minimum absolute atomic E-state index is 0.0171. The van der Waals surface area contributed by atoms with Gasteiger partial charge in [-0.15, -0.1) is 11.8 Å². The van der Waals surface area contributed by atoms with Crippen molar-refractivity contribution in [3.05, 3.63) is 64.7 Å². The number of hydrogen-bond donors (Lipinski definition) is 1. The fourth-order valence-corrected chi connectivity index (χ4v) is 3.15. The molecule has 0 atom stereocenters. The standard InChI is InChI=1S/C20H21N3O2S/c1-15-9-16(2)11-18(10-15)13-26-14-20(24)23-22-12-17-3-5-19(6-4-17)25-8-7-21/h3-6,9-12H,8,13-14H2,1-2H3,(H,23,24). The van der Waals surface area contributed by atoms with E-state index in [1.54, 1.807) is 42.2 Å². The Morgan fingerprint density at radius 3 is 2.58 bits per heavy atom. The topological polar surface area (TPSA) is 74.5 Å². The summed E-state index contributed by atoms with van der Waals surface area (Å²) in [5, 5.41) is 12.4. The second kappa shape index (κ2) is 10.3. The first-order chi connectivity index (χ1) is 12.6. The molecule has 0 aliphatic heterocycles. The van der Waals surface area contributed by atoms with Crippen LogP contribution in [-0.2, 0) is 10.5 Å².